The third-order valence-electron chi connectivity index (χ3n) is 6.00. The number of nitrogens with zero attached hydrogens (tertiary/aromatic N) is 2. The Morgan fingerprint density at radius 1 is 0.875 bits per heavy atom. The minimum atomic E-state index is 0.0221. The number of benzene rings is 2. The molecule has 2 heterocycles. The van der Waals surface area contributed by atoms with Crippen LogP contribution in [0.15, 0.2) is 54.7 Å². The molecule has 6 nitrogen and oxygen atoms in total. The summed E-state index contributed by atoms with van der Waals surface area (Å²) in [4.78, 5) is 2.51. The molecule has 32 heavy (non-hydrogen) atoms. The molecule has 3 aromatic rings. The summed E-state index contributed by atoms with van der Waals surface area (Å²) in [6.45, 7) is 5.45. The van der Waals surface area contributed by atoms with Crippen molar-refractivity contribution in [2.75, 3.05) is 34.5 Å². The molecule has 1 aliphatic rings. The first-order chi connectivity index (χ1) is 15.7. The number of hydrogen-bond donors (Lipinski definition) is 0. The molecule has 4 rings (SSSR count). The summed E-state index contributed by atoms with van der Waals surface area (Å²) >= 11 is 0. The molecule has 1 aliphatic heterocycles. The lowest BCUT2D eigenvalue weighted by Gasteiger charge is -2.32. The highest BCUT2D eigenvalue weighted by molar-refractivity contribution is 5.58. The van der Waals surface area contributed by atoms with E-state index in [0.717, 1.165) is 37.4 Å². The van der Waals surface area contributed by atoms with Crippen molar-refractivity contribution in [3.63, 3.8) is 0 Å². The lowest BCUT2D eigenvalue weighted by molar-refractivity contribution is 0.214. The smallest absolute Gasteiger partial charge is 0.203 e. The Kier molecular flexibility index (Phi) is 6.90. The minimum absolute atomic E-state index is 0.0221. The SMILES string of the molecule is CCOc1ccc(CN2CCCn3cccc3C2c2ccc(OC)c(OC)c2OC)cc1. The number of aromatic nitrogens is 1. The van der Waals surface area contributed by atoms with E-state index in [1.165, 1.54) is 11.3 Å². The lowest BCUT2D eigenvalue weighted by atomic mass is 9.99. The van der Waals surface area contributed by atoms with Gasteiger partial charge in [0.15, 0.2) is 11.5 Å². The van der Waals surface area contributed by atoms with Gasteiger partial charge in [-0.15, -0.1) is 0 Å². The van der Waals surface area contributed by atoms with E-state index in [1.54, 1.807) is 21.3 Å². The van der Waals surface area contributed by atoms with Crippen LogP contribution < -0.4 is 18.9 Å². The van der Waals surface area contributed by atoms with Gasteiger partial charge in [0.2, 0.25) is 5.75 Å². The molecule has 0 spiro atoms. The maximum absolute atomic E-state index is 5.88. The van der Waals surface area contributed by atoms with Gasteiger partial charge in [0, 0.05) is 37.1 Å². The molecule has 2 aromatic carbocycles. The zero-order valence-electron chi connectivity index (χ0n) is 19.3. The van der Waals surface area contributed by atoms with Gasteiger partial charge in [-0.2, -0.15) is 0 Å². The quantitative estimate of drug-likeness (QED) is 0.502. The molecule has 0 radical (unpaired) electrons. The predicted octanol–water partition coefficient (Wildman–Crippen LogP) is 4.91. The first kappa shape index (κ1) is 22.1. The number of fused-ring (bicyclic) bond motifs is 1. The summed E-state index contributed by atoms with van der Waals surface area (Å²) in [6.07, 6.45) is 3.24. The first-order valence-corrected chi connectivity index (χ1v) is 11.1. The Bertz CT molecular complexity index is 1030. The van der Waals surface area contributed by atoms with Crippen LogP contribution in [-0.2, 0) is 13.1 Å². The van der Waals surface area contributed by atoms with E-state index < -0.39 is 0 Å². The number of rotatable bonds is 8. The summed E-state index contributed by atoms with van der Waals surface area (Å²) in [5, 5.41) is 0. The zero-order valence-corrected chi connectivity index (χ0v) is 19.3. The van der Waals surface area contributed by atoms with Crippen LogP contribution in [0.2, 0.25) is 0 Å². The monoisotopic (exact) mass is 436 g/mol. The van der Waals surface area contributed by atoms with Gasteiger partial charge in [-0.25, -0.2) is 0 Å². The molecule has 0 aliphatic carbocycles. The van der Waals surface area contributed by atoms with E-state index in [4.69, 9.17) is 18.9 Å². The normalized spacial score (nSPS) is 16.2. The molecule has 0 fully saturated rings. The molecule has 1 aromatic heterocycles. The second kappa shape index (κ2) is 10.0. The van der Waals surface area contributed by atoms with Gasteiger partial charge >= 0.3 is 0 Å². The molecule has 1 atom stereocenters. The Morgan fingerprint density at radius 3 is 2.34 bits per heavy atom. The van der Waals surface area contributed by atoms with Crippen LogP contribution in [0.3, 0.4) is 0 Å². The number of methoxy groups -OCH3 is 3. The summed E-state index contributed by atoms with van der Waals surface area (Å²) in [5.41, 5.74) is 3.56. The fourth-order valence-corrected chi connectivity index (χ4v) is 4.60. The Hall–Kier alpha value is -3.12. The molecule has 0 bridgehead atoms. The Balaban J connectivity index is 1.77. The molecule has 0 saturated heterocycles. The van der Waals surface area contributed by atoms with Crippen LogP contribution in [0.4, 0.5) is 0 Å². The van der Waals surface area contributed by atoms with Gasteiger partial charge in [-0.1, -0.05) is 12.1 Å². The molecular weight excluding hydrogens is 404 g/mol. The summed E-state index contributed by atoms with van der Waals surface area (Å²) in [7, 11) is 4.98. The molecule has 170 valence electrons. The van der Waals surface area contributed by atoms with Crippen molar-refractivity contribution in [3.8, 4) is 23.0 Å². The average Bonchev–Trinajstić information content (AvgIpc) is 3.21. The summed E-state index contributed by atoms with van der Waals surface area (Å²) in [6, 6.07) is 16.8. The van der Waals surface area contributed by atoms with E-state index in [0.29, 0.717) is 23.9 Å². The van der Waals surface area contributed by atoms with Gasteiger partial charge in [0.1, 0.15) is 5.75 Å². The van der Waals surface area contributed by atoms with Crippen molar-refractivity contribution in [2.45, 2.75) is 32.5 Å². The third kappa shape index (κ3) is 4.28. The Labute approximate surface area is 190 Å². The van der Waals surface area contributed by atoms with Crippen molar-refractivity contribution in [2.24, 2.45) is 0 Å². The van der Waals surface area contributed by atoms with Gasteiger partial charge in [-0.3, -0.25) is 4.90 Å². The topological polar surface area (TPSA) is 45.1 Å². The van der Waals surface area contributed by atoms with Crippen molar-refractivity contribution < 1.29 is 18.9 Å². The van der Waals surface area contributed by atoms with E-state index in [-0.39, 0.29) is 6.04 Å². The van der Waals surface area contributed by atoms with Crippen LogP contribution in [0, 0.1) is 0 Å². The minimum Gasteiger partial charge on any atom is -0.494 e. The van der Waals surface area contributed by atoms with E-state index >= 15 is 0 Å². The zero-order chi connectivity index (χ0) is 22.5. The molecule has 1 unspecified atom stereocenters. The molecule has 6 heteroatoms. The van der Waals surface area contributed by atoms with Crippen LogP contribution >= 0.6 is 0 Å². The third-order valence-corrected chi connectivity index (χ3v) is 6.00. The van der Waals surface area contributed by atoms with Crippen molar-refractivity contribution in [3.05, 3.63) is 71.5 Å². The van der Waals surface area contributed by atoms with Gasteiger partial charge < -0.3 is 23.5 Å². The van der Waals surface area contributed by atoms with E-state index in [2.05, 4.69) is 46.0 Å². The van der Waals surface area contributed by atoms with Crippen LogP contribution in [0.5, 0.6) is 23.0 Å². The standard InChI is InChI=1S/C26H32N2O4/c1-5-32-20-11-9-19(10-12-20)18-28-17-7-16-27-15-6-8-22(27)24(28)21-13-14-23(29-2)26(31-4)25(21)30-3/h6,8-15,24H,5,7,16-18H2,1-4H3. The van der Waals surface area contributed by atoms with Crippen LogP contribution in [0.1, 0.15) is 36.2 Å². The second-order valence-corrected chi connectivity index (χ2v) is 7.85. The van der Waals surface area contributed by atoms with E-state index in [9.17, 15) is 0 Å². The first-order valence-electron chi connectivity index (χ1n) is 11.1. The predicted molar refractivity (Wildman–Crippen MR) is 125 cm³/mol. The molecule has 0 saturated carbocycles. The maximum atomic E-state index is 5.88. The van der Waals surface area contributed by atoms with Gasteiger partial charge in [0.25, 0.3) is 0 Å². The van der Waals surface area contributed by atoms with Crippen molar-refractivity contribution in [1.82, 2.24) is 9.47 Å². The lowest BCUT2D eigenvalue weighted by Crippen LogP contribution is -2.30. The van der Waals surface area contributed by atoms with Crippen molar-refractivity contribution >= 4 is 0 Å². The number of ether oxygens (including phenoxy) is 4. The Morgan fingerprint density at radius 2 is 1.66 bits per heavy atom. The molecular formula is C26H32N2O4. The van der Waals surface area contributed by atoms with Gasteiger partial charge in [0.05, 0.1) is 34.0 Å². The van der Waals surface area contributed by atoms with Gasteiger partial charge in [-0.05, 0) is 55.3 Å². The van der Waals surface area contributed by atoms with E-state index in [1.807, 2.05) is 25.1 Å². The number of hydrogen-bond acceptors (Lipinski definition) is 5. The molecule has 0 amide bonds. The van der Waals surface area contributed by atoms with Crippen LogP contribution in [0.25, 0.3) is 0 Å². The molecule has 0 N–H and O–H groups in total. The highest BCUT2D eigenvalue weighted by atomic mass is 16.5. The van der Waals surface area contributed by atoms with Crippen LogP contribution in [-0.4, -0.2) is 43.9 Å². The summed E-state index contributed by atoms with van der Waals surface area (Å²) < 4.78 is 25.1. The fourth-order valence-electron chi connectivity index (χ4n) is 4.60. The second-order valence-electron chi connectivity index (χ2n) is 7.85. The highest BCUT2D eigenvalue weighted by Crippen LogP contribution is 2.46. The average molecular weight is 437 g/mol. The fraction of sp³-hybridized carbons (Fsp3) is 0.385. The maximum Gasteiger partial charge on any atom is 0.203 e. The summed E-state index contributed by atoms with van der Waals surface area (Å²) in [5.74, 6) is 2.90. The number of aryl methyl sites for hydroxylation is 1. The van der Waals surface area contributed by atoms with Crippen molar-refractivity contribution in [1.29, 1.82) is 0 Å². The highest BCUT2D eigenvalue weighted by Gasteiger charge is 2.31. The largest absolute Gasteiger partial charge is 0.494 e.